The maximum absolute atomic E-state index is 10.6. The van der Waals surface area contributed by atoms with Gasteiger partial charge in [-0.3, -0.25) is 0 Å². The van der Waals surface area contributed by atoms with E-state index in [0.717, 1.165) is 0 Å². The third kappa shape index (κ3) is 11.2. The number of hydrogen-bond donors (Lipinski definition) is 0. The highest BCUT2D eigenvalue weighted by Gasteiger charge is 2.78. The van der Waals surface area contributed by atoms with Crippen molar-refractivity contribution in [2.45, 2.75) is 31.6 Å². The van der Waals surface area contributed by atoms with Crippen molar-refractivity contribution >= 4 is 130 Å². The second-order valence-corrected chi connectivity index (χ2v) is 48.3. The molecule has 81 heavy (non-hydrogen) atoms. The van der Waals surface area contributed by atoms with Gasteiger partial charge in [0.2, 0.25) is 6.54 Å². The highest BCUT2D eigenvalue weighted by Crippen LogP contribution is 2.43. The van der Waals surface area contributed by atoms with Crippen LogP contribution in [0.2, 0.25) is 25.2 Å². The molecule has 4 aliphatic rings. The van der Waals surface area contributed by atoms with Gasteiger partial charge in [0, 0.05) is 43.6 Å². The molecule has 15 nitrogen and oxygen atoms in total. The summed E-state index contributed by atoms with van der Waals surface area (Å²) in [6.45, 7) is 12.2. The van der Waals surface area contributed by atoms with Crippen molar-refractivity contribution in [3.8, 4) is 6.07 Å². The number of benzene rings is 8. The van der Waals surface area contributed by atoms with Crippen molar-refractivity contribution < 1.29 is 53.5 Å². The molecule has 2 radical (unpaired) electrons. The Hall–Kier alpha value is -5.61. The van der Waals surface area contributed by atoms with E-state index in [2.05, 4.69) is 10.9 Å². The summed E-state index contributed by atoms with van der Waals surface area (Å²) >= 11 is 0. The minimum Gasteiger partial charge on any atom is -0.411 e. The van der Waals surface area contributed by atoms with Gasteiger partial charge in [-0.25, -0.2) is 6.57 Å². The molecular formula is C56H54N2O13Si10. The van der Waals surface area contributed by atoms with Gasteiger partial charge in [-0.15, -0.1) is 0 Å². The standard InChI is InChI=1S/C56H54N2O13Si10/c1-58-46-48-75(3)64-76(51-33-16-6-17-34-51)61-73(50-31-14-5-15-32-50)62-78(53-37-20-8-21-38-53)67-79(54-39-22-9-23-40-54)63-74(2,47-28-45-57)59-72(49-29-12-4-13-30-49)60-77(66-76,52-35-18-7-19-36-52)69-81(70-79,56-43-26-11-27-44-56)71-80(65-75,68-78)55-41-24-10-25-42-55/h4-27,29-44H,28,46-48H2,2-3H3. The summed E-state index contributed by atoms with van der Waals surface area (Å²) < 4.78 is 107. The van der Waals surface area contributed by atoms with Crippen molar-refractivity contribution in [3.05, 3.63) is 254 Å². The van der Waals surface area contributed by atoms with E-state index in [1.165, 1.54) is 0 Å². The molecule has 6 bridgehead atoms. The van der Waals surface area contributed by atoms with Gasteiger partial charge in [-0.2, -0.15) is 5.26 Å². The molecule has 4 fully saturated rings. The number of nitriles is 1. The average Bonchev–Trinajstić information content (AvgIpc) is 2.24. The summed E-state index contributed by atoms with van der Waals surface area (Å²) in [7, 11) is -44.3. The Kier molecular flexibility index (Phi) is 16.0. The Morgan fingerprint density at radius 2 is 0.605 bits per heavy atom. The molecule has 0 aliphatic carbocycles. The lowest BCUT2D eigenvalue weighted by Crippen LogP contribution is -2.89. The summed E-state index contributed by atoms with van der Waals surface area (Å²) in [4.78, 5) is 3.96. The van der Waals surface area contributed by atoms with E-state index < -0.39 is 88.5 Å². The predicted octanol–water partition coefficient (Wildman–Crippen LogP) is 5.10. The summed E-state index contributed by atoms with van der Waals surface area (Å²) in [6.07, 6.45) is 0.0464. The zero-order valence-corrected chi connectivity index (χ0v) is 54.1. The number of nitrogens with zero attached hydrogens (tertiary/aromatic N) is 2. The minimum absolute atomic E-state index is 0.00318. The maximum Gasteiger partial charge on any atom is 0.515 e. The zero-order valence-electron chi connectivity index (χ0n) is 44.1. The fourth-order valence-electron chi connectivity index (χ4n) is 9.98. The maximum atomic E-state index is 10.6. The molecule has 4 saturated heterocycles. The number of hydrogen-bond acceptors (Lipinski definition) is 14. The van der Waals surface area contributed by atoms with E-state index >= 15 is 0 Å². The summed E-state index contributed by atoms with van der Waals surface area (Å²) in [5, 5.41) is 15.0. The molecule has 0 spiro atoms. The van der Waals surface area contributed by atoms with Crippen LogP contribution in [0.1, 0.15) is 6.42 Å². The second-order valence-electron chi connectivity index (χ2n) is 19.7. The monoisotopic (exact) mass is 1240 g/mol. The Labute approximate surface area is 483 Å². The number of fused-ring (bicyclic) bond motifs is 6. The molecule has 8 atom stereocenters. The molecule has 12 rings (SSSR count). The van der Waals surface area contributed by atoms with Crippen molar-refractivity contribution in [2.75, 3.05) is 6.54 Å². The molecule has 0 aromatic heterocycles. The molecule has 0 saturated carbocycles. The quantitative estimate of drug-likeness (QED) is 0.118. The summed E-state index contributed by atoms with van der Waals surface area (Å²) in [6, 6.07) is 79.3. The van der Waals surface area contributed by atoms with Crippen LogP contribution >= 0.6 is 0 Å². The largest absolute Gasteiger partial charge is 0.515 e. The third-order valence-electron chi connectivity index (χ3n) is 13.8. The van der Waals surface area contributed by atoms with E-state index in [0.29, 0.717) is 41.5 Å². The molecule has 0 N–H and O–H groups in total. The average molecular weight is 1240 g/mol. The molecule has 25 heteroatoms. The van der Waals surface area contributed by atoms with Crippen LogP contribution in [-0.4, -0.2) is 95.1 Å². The first-order valence-electron chi connectivity index (χ1n) is 26.4. The van der Waals surface area contributed by atoms with E-state index in [1.807, 2.05) is 256 Å². The summed E-state index contributed by atoms with van der Waals surface area (Å²) in [5.74, 6) is 0. The van der Waals surface area contributed by atoms with E-state index in [4.69, 9.17) is 60.1 Å². The SMILES string of the molecule is [C-]#[N+]CC[Si]1(C)O[Si]2(c3ccccc3)O[Si](c3ccccc3)O[Si]3(c4ccccc4)O[Si]4(c5ccccc5)O[Si](C)(CCC#N)O[Si](c5ccccc5)O[Si](c5ccccc5)(O2)O[Si](c2ccccc2)(O4)O[Si](c2ccccc2)(O1)O3. The summed E-state index contributed by atoms with van der Waals surface area (Å²) in [5.41, 5.74) is 0. The molecular weight excluding hydrogens is 1190 g/mol. The third-order valence-corrected chi connectivity index (χ3v) is 53.2. The minimum atomic E-state index is -5.16. The van der Waals surface area contributed by atoms with Crippen molar-refractivity contribution in [3.63, 3.8) is 0 Å². The first-order chi connectivity index (χ1) is 39.5. The van der Waals surface area contributed by atoms with Gasteiger partial charge < -0.3 is 58.3 Å². The lowest BCUT2D eigenvalue weighted by atomic mass is 10.4. The second kappa shape index (κ2) is 23.2. The van der Waals surface area contributed by atoms with Crippen LogP contribution in [0, 0.1) is 17.9 Å². The van der Waals surface area contributed by atoms with E-state index in [1.54, 1.807) is 0 Å². The highest BCUT2D eigenvalue weighted by atomic mass is 28.6. The van der Waals surface area contributed by atoms with Crippen LogP contribution in [0.5, 0.6) is 0 Å². The van der Waals surface area contributed by atoms with Gasteiger partial charge in [0.05, 0.1) is 12.1 Å². The van der Waals surface area contributed by atoms with Crippen LogP contribution in [0.15, 0.2) is 243 Å². The number of rotatable bonds is 12. The first-order valence-corrected chi connectivity index (χ1v) is 44.4. The van der Waals surface area contributed by atoms with E-state index in [9.17, 15) is 5.26 Å². The van der Waals surface area contributed by atoms with Crippen LogP contribution < -0.4 is 41.5 Å². The Balaban J connectivity index is 1.34. The fourth-order valence-corrected chi connectivity index (χ4v) is 59.3. The fraction of sp³-hybridized carbons (Fsp3) is 0.107. The first kappa shape index (κ1) is 55.9. The van der Waals surface area contributed by atoms with Crippen LogP contribution in [0.25, 0.3) is 4.85 Å². The molecule has 8 aromatic rings. The van der Waals surface area contributed by atoms with Gasteiger partial charge in [0.15, 0.2) is 0 Å². The predicted molar refractivity (Wildman–Crippen MR) is 323 cm³/mol. The van der Waals surface area contributed by atoms with Gasteiger partial charge in [0.1, 0.15) is 0 Å². The molecule has 8 unspecified atom stereocenters. The van der Waals surface area contributed by atoms with Gasteiger partial charge >= 0.3 is 88.5 Å². The Bertz CT molecular complexity index is 3480. The van der Waals surface area contributed by atoms with Crippen LogP contribution in [0.4, 0.5) is 0 Å². The van der Waals surface area contributed by atoms with Crippen molar-refractivity contribution in [1.29, 1.82) is 5.26 Å². The normalized spacial score (nSPS) is 30.7. The highest BCUT2D eigenvalue weighted by molar-refractivity contribution is 7.09. The zero-order chi connectivity index (χ0) is 55.5. The Morgan fingerprint density at radius 1 is 0.346 bits per heavy atom. The van der Waals surface area contributed by atoms with E-state index in [-0.39, 0.29) is 25.1 Å². The molecule has 4 aliphatic heterocycles. The topological polar surface area (TPSA) is 148 Å². The van der Waals surface area contributed by atoms with Gasteiger partial charge in [-0.05, 0) is 23.5 Å². The molecule has 406 valence electrons. The molecule has 4 heterocycles. The van der Waals surface area contributed by atoms with Gasteiger partial charge in [0.25, 0.3) is 0 Å². The lowest BCUT2D eigenvalue weighted by Gasteiger charge is -2.57. The van der Waals surface area contributed by atoms with Crippen molar-refractivity contribution in [2.24, 2.45) is 0 Å². The smallest absolute Gasteiger partial charge is 0.411 e. The molecule has 8 aromatic carbocycles. The van der Waals surface area contributed by atoms with Gasteiger partial charge in [-0.1, -0.05) is 243 Å². The lowest BCUT2D eigenvalue weighted by molar-refractivity contribution is 0.0606. The van der Waals surface area contributed by atoms with Crippen LogP contribution in [0.3, 0.4) is 0 Å². The van der Waals surface area contributed by atoms with Crippen LogP contribution in [-0.2, 0) is 53.5 Å². The molecule has 0 amide bonds. The Morgan fingerprint density at radius 3 is 0.951 bits per heavy atom. The van der Waals surface area contributed by atoms with Crippen molar-refractivity contribution in [1.82, 2.24) is 0 Å².